The normalized spacial score (nSPS) is 15.9. The van der Waals surface area contributed by atoms with Crippen molar-refractivity contribution in [2.75, 3.05) is 20.6 Å². The Labute approximate surface area is 86.3 Å². The molecule has 0 aliphatic heterocycles. The summed E-state index contributed by atoms with van der Waals surface area (Å²) >= 11 is 0. The van der Waals surface area contributed by atoms with Crippen molar-refractivity contribution in [3.63, 3.8) is 0 Å². The molecule has 2 unspecified atom stereocenters. The van der Waals surface area contributed by atoms with Crippen LogP contribution in [0.5, 0.6) is 0 Å². The standard InChI is InChI=1S/C10H22N2O2/c1-7(2)9(10(13)14)11-6-8(3)12(4)5/h7-9,11H,6H2,1-5H3,(H,13,14). The van der Waals surface area contributed by atoms with Crippen LogP contribution in [0.1, 0.15) is 20.8 Å². The second kappa shape index (κ2) is 5.98. The Morgan fingerprint density at radius 1 is 1.36 bits per heavy atom. The number of carboxylic acid groups (broad SMARTS) is 1. The maximum absolute atomic E-state index is 10.8. The fourth-order valence-corrected chi connectivity index (χ4v) is 1.09. The molecule has 0 aromatic heterocycles. The van der Waals surface area contributed by atoms with E-state index in [9.17, 15) is 4.79 Å². The van der Waals surface area contributed by atoms with Crippen LogP contribution in [0, 0.1) is 5.92 Å². The zero-order valence-corrected chi connectivity index (χ0v) is 9.74. The smallest absolute Gasteiger partial charge is 0.320 e. The molecule has 0 aromatic rings. The number of aliphatic carboxylic acids is 1. The fraction of sp³-hybridized carbons (Fsp3) is 0.900. The number of rotatable bonds is 6. The molecule has 0 aliphatic carbocycles. The highest BCUT2D eigenvalue weighted by Gasteiger charge is 2.21. The highest BCUT2D eigenvalue weighted by molar-refractivity contribution is 5.73. The molecule has 0 heterocycles. The summed E-state index contributed by atoms with van der Waals surface area (Å²) in [7, 11) is 3.97. The first-order chi connectivity index (χ1) is 6.36. The number of hydrogen-bond donors (Lipinski definition) is 2. The van der Waals surface area contributed by atoms with Gasteiger partial charge < -0.3 is 15.3 Å². The van der Waals surface area contributed by atoms with Crippen LogP contribution in [-0.2, 0) is 4.79 Å². The lowest BCUT2D eigenvalue weighted by molar-refractivity contribution is -0.140. The first-order valence-corrected chi connectivity index (χ1v) is 4.98. The van der Waals surface area contributed by atoms with Gasteiger partial charge in [0.15, 0.2) is 0 Å². The van der Waals surface area contributed by atoms with Gasteiger partial charge in [-0.25, -0.2) is 0 Å². The topological polar surface area (TPSA) is 52.6 Å². The zero-order chi connectivity index (χ0) is 11.3. The van der Waals surface area contributed by atoms with Gasteiger partial charge in [-0.15, -0.1) is 0 Å². The molecular weight excluding hydrogens is 180 g/mol. The highest BCUT2D eigenvalue weighted by Crippen LogP contribution is 2.02. The number of nitrogens with one attached hydrogen (secondary N) is 1. The number of nitrogens with zero attached hydrogens (tertiary/aromatic N) is 1. The van der Waals surface area contributed by atoms with E-state index in [0.29, 0.717) is 12.6 Å². The van der Waals surface area contributed by atoms with Crippen molar-refractivity contribution in [3.8, 4) is 0 Å². The zero-order valence-electron chi connectivity index (χ0n) is 9.74. The fourth-order valence-electron chi connectivity index (χ4n) is 1.09. The molecule has 2 atom stereocenters. The molecule has 0 spiro atoms. The molecular formula is C10H22N2O2. The minimum absolute atomic E-state index is 0.113. The molecule has 0 fully saturated rings. The van der Waals surface area contributed by atoms with Gasteiger partial charge in [0.05, 0.1) is 0 Å². The Balaban J connectivity index is 4.01. The maximum Gasteiger partial charge on any atom is 0.320 e. The molecule has 0 amide bonds. The Morgan fingerprint density at radius 2 is 1.86 bits per heavy atom. The van der Waals surface area contributed by atoms with Crippen molar-refractivity contribution in [1.29, 1.82) is 0 Å². The molecule has 0 rings (SSSR count). The number of hydrogen-bond acceptors (Lipinski definition) is 3. The van der Waals surface area contributed by atoms with Gasteiger partial charge >= 0.3 is 5.97 Å². The van der Waals surface area contributed by atoms with Crippen LogP contribution in [0.4, 0.5) is 0 Å². The van der Waals surface area contributed by atoms with Crippen LogP contribution >= 0.6 is 0 Å². The summed E-state index contributed by atoms with van der Waals surface area (Å²) in [6.07, 6.45) is 0. The van der Waals surface area contributed by atoms with Crippen LogP contribution in [0.3, 0.4) is 0 Å². The van der Waals surface area contributed by atoms with Crippen molar-refractivity contribution in [2.24, 2.45) is 5.92 Å². The molecule has 4 nitrogen and oxygen atoms in total. The molecule has 84 valence electrons. The van der Waals surface area contributed by atoms with Crippen molar-refractivity contribution in [3.05, 3.63) is 0 Å². The minimum Gasteiger partial charge on any atom is -0.480 e. The lowest BCUT2D eigenvalue weighted by Gasteiger charge is -2.24. The van der Waals surface area contributed by atoms with Gasteiger partial charge in [-0.1, -0.05) is 13.8 Å². The summed E-state index contributed by atoms with van der Waals surface area (Å²) in [5.74, 6) is -0.659. The Bertz CT molecular complexity index is 181. The van der Waals surface area contributed by atoms with Gasteiger partial charge in [0.2, 0.25) is 0 Å². The van der Waals surface area contributed by atoms with E-state index in [2.05, 4.69) is 17.1 Å². The predicted molar refractivity (Wildman–Crippen MR) is 57.4 cm³/mol. The molecule has 0 saturated carbocycles. The first kappa shape index (κ1) is 13.4. The Morgan fingerprint density at radius 3 is 2.14 bits per heavy atom. The summed E-state index contributed by atoms with van der Waals surface area (Å²) in [5.41, 5.74) is 0. The average Bonchev–Trinajstić information content (AvgIpc) is 2.02. The summed E-state index contributed by atoms with van der Waals surface area (Å²) in [6, 6.07) is -0.104. The molecule has 4 heteroatoms. The van der Waals surface area contributed by atoms with Gasteiger partial charge in [-0.2, -0.15) is 0 Å². The van der Waals surface area contributed by atoms with Crippen molar-refractivity contribution in [2.45, 2.75) is 32.9 Å². The minimum atomic E-state index is -0.772. The quantitative estimate of drug-likeness (QED) is 0.663. The lowest BCUT2D eigenvalue weighted by atomic mass is 10.0. The largest absolute Gasteiger partial charge is 0.480 e. The third kappa shape index (κ3) is 4.58. The third-order valence-electron chi connectivity index (χ3n) is 2.45. The molecule has 0 aliphatic rings. The second-order valence-electron chi connectivity index (χ2n) is 4.28. The van der Waals surface area contributed by atoms with E-state index in [4.69, 9.17) is 5.11 Å². The number of carboxylic acids is 1. The molecule has 0 saturated heterocycles. The van der Waals surface area contributed by atoms with Gasteiger partial charge in [-0.3, -0.25) is 4.79 Å². The lowest BCUT2D eigenvalue weighted by Crippen LogP contribution is -2.46. The van der Waals surface area contributed by atoms with E-state index in [-0.39, 0.29) is 5.92 Å². The SMILES string of the molecule is CC(C)C(NCC(C)N(C)C)C(=O)O. The summed E-state index contributed by atoms with van der Waals surface area (Å²) in [5, 5.41) is 12.0. The van der Waals surface area contributed by atoms with Gasteiger partial charge in [0.25, 0.3) is 0 Å². The first-order valence-electron chi connectivity index (χ1n) is 4.98. The van der Waals surface area contributed by atoms with Crippen LogP contribution in [0.15, 0.2) is 0 Å². The second-order valence-corrected chi connectivity index (χ2v) is 4.28. The Kier molecular flexibility index (Phi) is 5.72. The molecule has 0 aromatic carbocycles. The summed E-state index contributed by atoms with van der Waals surface area (Å²) in [6.45, 7) is 6.58. The molecule has 14 heavy (non-hydrogen) atoms. The van der Waals surface area contributed by atoms with Gasteiger partial charge in [0, 0.05) is 12.6 Å². The van der Waals surface area contributed by atoms with Crippen molar-refractivity contribution >= 4 is 5.97 Å². The van der Waals surface area contributed by atoms with Crippen LogP contribution < -0.4 is 5.32 Å². The van der Waals surface area contributed by atoms with E-state index in [0.717, 1.165) is 0 Å². The average molecular weight is 202 g/mol. The maximum atomic E-state index is 10.8. The number of likely N-dealkylation sites (N-methyl/N-ethyl adjacent to an activating group) is 1. The van der Waals surface area contributed by atoms with Crippen LogP contribution in [0.25, 0.3) is 0 Å². The molecule has 2 N–H and O–H groups in total. The summed E-state index contributed by atoms with van der Waals surface area (Å²) in [4.78, 5) is 12.9. The van der Waals surface area contributed by atoms with Crippen molar-refractivity contribution in [1.82, 2.24) is 10.2 Å². The van der Waals surface area contributed by atoms with E-state index < -0.39 is 12.0 Å². The van der Waals surface area contributed by atoms with Gasteiger partial charge in [-0.05, 0) is 26.9 Å². The third-order valence-corrected chi connectivity index (χ3v) is 2.45. The predicted octanol–water partition coefficient (Wildman–Crippen LogP) is 0.635. The van der Waals surface area contributed by atoms with E-state index in [1.54, 1.807) is 0 Å². The van der Waals surface area contributed by atoms with Crippen molar-refractivity contribution < 1.29 is 9.90 Å². The van der Waals surface area contributed by atoms with E-state index in [1.807, 2.05) is 27.9 Å². The van der Waals surface area contributed by atoms with Crippen LogP contribution in [0.2, 0.25) is 0 Å². The van der Waals surface area contributed by atoms with Crippen LogP contribution in [-0.4, -0.2) is 48.7 Å². The summed E-state index contributed by atoms with van der Waals surface area (Å²) < 4.78 is 0. The van der Waals surface area contributed by atoms with E-state index >= 15 is 0 Å². The van der Waals surface area contributed by atoms with Gasteiger partial charge in [0.1, 0.15) is 6.04 Å². The molecule has 0 bridgehead atoms. The Hall–Kier alpha value is -0.610. The number of carbonyl (C=O) groups is 1. The van der Waals surface area contributed by atoms with E-state index in [1.165, 1.54) is 0 Å². The highest BCUT2D eigenvalue weighted by atomic mass is 16.4. The molecule has 0 radical (unpaired) electrons. The monoisotopic (exact) mass is 202 g/mol.